The van der Waals surface area contributed by atoms with Crippen LogP contribution < -0.4 is 4.74 Å². The van der Waals surface area contributed by atoms with Gasteiger partial charge < -0.3 is 4.74 Å². The quantitative estimate of drug-likeness (QED) is 0.364. The smallest absolute Gasteiger partial charge is 0.211 e. The first-order chi connectivity index (χ1) is 18.1. The van der Waals surface area contributed by atoms with Crippen molar-refractivity contribution >= 4 is 5.69 Å². The Morgan fingerprint density at radius 3 is 2.08 bits per heavy atom. The van der Waals surface area contributed by atoms with Crippen LogP contribution in [0.4, 0.5) is 5.69 Å². The number of aryl methyl sites for hydroxylation is 1. The Bertz CT molecular complexity index is 992. The first-order valence-corrected chi connectivity index (χ1v) is 15.8. The minimum absolute atomic E-state index is 0.213. The van der Waals surface area contributed by atoms with Crippen LogP contribution in [0.5, 0.6) is 5.75 Å². The lowest BCUT2D eigenvalue weighted by Crippen LogP contribution is -2.34. The molecule has 3 saturated carbocycles. The third-order valence-electron chi connectivity index (χ3n) is 11.0. The molecule has 1 heterocycles. The summed E-state index contributed by atoms with van der Waals surface area (Å²) in [5, 5.41) is 10.2. The molecule has 0 bridgehead atoms. The molecule has 1 atom stereocenters. The van der Waals surface area contributed by atoms with Gasteiger partial charge in [0.15, 0.2) is 0 Å². The number of rotatable bonds is 6. The lowest BCUT2D eigenvalue weighted by molar-refractivity contribution is 0.0762. The zero-order valence-corrected chi connectivity index (χ0v) is 23.4. The van der Waals surface area contributed by atoms with Gasteiger partial charge in [0.25, 0.3) is 0 Å². The molecule has 0 spiro atoms. The van der Waals surface area contributed by atoms with Crippen LogP contribution >= 0.6 is 0 Å². The van der Waals surface area contributed by atoms with E-state index in [2.05, 4.69) is 30.8 Å². The molecule has 4 aliphatic rings. The number of hydrogen-bond donors (Lipinski definition) is 0. The number of hydrogen-bond acceptors (Lipinski definition) is 2. The molecule has 3 fully saturated rings. The van der Waals surface area contributed by atoms with Crippen LogP contribution in [0.3, 0.4) is 0 Å². The standard InChI is InChI=1S/C34H48N2O/c1-4-6-24-9-11-25(12-10-24)26-15-17-27(18-16-26)30-21-29-19-20-32(28-13-7-23(5-2)8-14-28)37-34(29)31(22-35)33(30)36-3/h21,23-28,32H,4-20H2,1-2H3. The highest BCUT2D eigenvalue weighted by Gasteiger charge is 2.36. The number of benzene rings is 1. The van der Waals surface area contributed by atoms with E-state index in [-0.39, 0.29) is 6.10 Å². The van der Waals surface area contributed by atoms with Crippen molar-refractivity contribution in [3.05, 3.63) is 34.2 Å². The Morgan fingerprint density at radius 2 is 1.49 bits per heavy atom. The van der Waals surface area contributed by atoms with Crippen molar-refractivity contribution in [2.75, 3.05) is 0 Å². The molecule has 0 aromatic heterocycles. The van der Waals surface area contributed by atoms with Gasteiger partial charge in [-0.1, -0.05) is 64.9 Å². The number of fused-ring (bicyclic) bond motifs is 1. The highest BCUT2D eigenvalue weighted by molar-refractivity contribution is 5.72. The number of ether oxygens (including phenoxy) is 1. The van der Waals surface area contributed by atoms with E-state index < -0.39 is 0 Å². The van der Waals surface area contributed by atoms with Gasteiger partial charge in [-0.3, -0.25) is 0 Å². The van der Waals surface area contributed by atoms with Crippen LogP contribution in [0.2, 0.25) is 0 Å². The second-order valence-electron chi connectivity index (χ2n) is 13.0. The zero-order valence-electron chi connectivity index (χ0n) is 23.4. The van der Waals surface area contributed by atoms with Gasteiger partial charge in [-0.2, -0.15) is 5.26 Å². The summed E-state index contributed by atoms with van der Waals surface area (Å²) < 4.78 is 6.60. The normalized spacial score (nSPS) is 34.0. The molecule has 1 aromatic rings. The minimum Gasteiger partial charge on any atom is -0.490 e. The Morgan fingerprint density at radius 1 is 0.865 bits per heavy atom. The molecule has 1 aliphatic heterocycles. The van der Waals surface area contributed by atoms with Crippen LogP contribution in [0, 0.1) is 47.5 Å². The highest BCUT2D eigenvalue weighted by atomic mass is 16.5. The third kappa shape index (κ3) is 5.72. The zero-order chi connectivity index (χ0) is 25.8. The summed E-state index contributed by atoms with van der Waals surface area (Å²) >= 11 is 0. The van der Waals surface area contributed by atoms with Crippen molar-refractivity contribution in [1.82, 2.24) is 0 Å². The molecule has 0 N–H and O–H groups in total. The Kier molecular flexibility index (Phi) is 8.80. The first kappa shape index (κ1) is 26.6. The lowest BCUT2D eigenvalue weighted by Gasteiger charge is -2.39. The molecule has 37 heavy (non-hydrogen) atoms. The van der Waals surface area contributed by atoms with Gasteiger partial charge in [-0.15, -0.1) is 0 Å². The Labute approximate surface area is 226 Å². The second kappa shape index (κ2) is 12.2. The number of nitriles is 1. The summed E-state index contributed by atoms with van der Waals surface area (Å²) in [4.78, 5) is 3.97. The van der Waals surface area contributed by atoms with Crippen molar-refractivity contribution in [1.29, 1.82) is 5.26 Å². The van der Waals surface area contributed by atoms with Crippen molar-refractivity contribution in [3.8, 4) is 11.8 Å². The van der Waals surface area contributed by atoms with E-state index in [1.54, 1.807) is 0 Å². The monoisotopic (exact) mass is 500 g/mol. The molecular formula is C34H48N2O. The van der Waals surface area contributed by atoms with E-state index in [1.165, 1.54) is 102 Å². The summed E-state index contributed by atoms with van der Waals surface area (Å²) in [5.74, 6) is 5.43. The summed E-state index contributed by atoms with van der Waals surface area (Å²) in [7, 11) is 0. The Balaban J connectivity index is 1.26. The van der Waals surface area contributed by atoms with Crippen LogP contribution in [0.1, 0.15) is 139 Å². The lowest BCUT2D eigenvalue weighted by atomic mass is 9.67. The molecule has 0 radical (unpaired) electrons. The van der Waals surface area contributed by atoms with E-state index in [4.69, 9.17) is 11.3 Å². The average Bonchev–Trinajstić information content (AvgIpc) is 2.96. The van der Waals surface area contributed by atoms with Crippen molar-refractivity contribution in [2.45, 2.75) is 135 Å². The number of nitrogens with zero attached hydrogens (tertiary/aromatic N) is 2. The molecule has 3 heteroatoms. The molecule has 200 valence electrons. The maximum absolute atomic E-state index is 10.2. The van der Waals surface area contributed by atoms with E-state index in [0.29, 0.717) is 23.1 Å². The second-order valence-corrected chi connectivity index (χ2v) is 13.0. The summed E-state index contributed by atoms with van der Waals surface area (Å²) in [6.45, 7) is 12.7. The molecule has 3 aliphatic carbocycles. The predicted molar refractivity (Wildman–Crippen MR) is 151 cm³/mol. The molecule has 0 saturated heterocycles. The van der Waals surface area contributed by atoms with Gasteiger partial charge in [0.1, 0.15) is 17.4 Å². The van der Waals surface area contributed by atoms with Gasteiger partial charge in [0.2, 0.25) is 5.69 Å². The summed E-state index contributed by atoms with van der Waals surface area (Å²) in [5.41, 5.74) is 3.47. The molecule has 3 nitrogen and oxygen atoms in total. The highest BCUT2D eigenvalue weighted by Crippen LogP contribution is 2.49. The maximum atomic E-state index is 10.2. The van der Waals surface area contributed by atoms with Crippen LogP contribution in [0.15, 0.2) is 6.07 Å². The van der Waals surface area contributed by atoms with Crippen molar-refractivity contribution in [2.24, 2.45) is 29.6 Å². The van der Waals surface area contributed by atoms with E-state index >= 15 is 0 Å². The van der Waals surface area contributed by atoms with Gasteiger partial charge >= 0.3 is 0 Å². The molecule has 0 amide bonds. The van der Waals surface area contributed by atoms with Crippen molar-refractivity contribution < 1.29 is 4.74 Å². The summed E-state index contributed by atoms with van der Waals surface area (Å²) in [6.07, 6.45) is 22.1. The molecule has 1 unspecified atom stereocenters. The van der Waals surface area contributed by atoms with Gasteiger partial charge in [0, 0.05) is 0 Å². The fraction of sp³-hybridized carbons (Fsp3) is 0.765. The average molecular weight is 501 g/mol. The van der Waals surface area contributed by atoms with E-state index in [0.717, 1.165) is 47.8 Å². The fourth-order valence-electron chi connectivity index (χ4n) is 8.66. The van der Waals surface area contributed by atoms with E-state index in [9.17, 15) is 5.26 Å². The van der Waals surface area contributed by atoms with Crippen LogP contribution in [-0.2, 0) is 6.42 Å². The predicted octanol–water partition coefficient (Wildman–Crippen LogP) is 9.90. The summed E-state index contributed by atoms with van der Waals surface area (Å²) in [6, 6.07) is 4.72. The van der Waals surface area contributed by atoms with Crippen LogP contribution in [0.25, 0.3) is 4.85 Å². The topological polar surface area (TPSA) is 37.4 Å². The minimum atomic E-state index is 0.213. The maximum Gasteiger partial charge on any atom is 0.211 e. The third-order valence-corrected chi connectivity index (χ3v) is 11.0. The van der Waals surface area contributed by atoms with Gasteiger partial charge in [0.05, 0.1) is 12.6 Å². The molecular weight excluding hydrogens is 452 g/mol. The van der Waals surface area contributed by atoms with Gasteiger partial charge in [-0.05, 0) is 111 Å². The van der Waals surface area contributed by atoms with Crippen LogP contribution in [-0.4, -0.2) is 6.10 Å². The van der Waals surface area contributed by atoms with Gasteiger partial charge in [-0.25, -0.2) is 4.85 Å². The SMILES string of the molecule is [C-]#[N+]c1c(C2CCC(C3CCC(CCC)CC3)CC2)cc2c(c1C#N)OC(C1CCC(CC)CC1)CC2. The Hall–Kier alpha value is -2.00. The molecule has 1 aromatic carbocycles. The largest absolute Gasteiger partial charge is 0.490 e. The first-order valence-electron chi connectivity index (χ1n) is 15.8. The van der Waals surface area contributed by atoms with Crippen molar-refractivity contribution in [3.63, 3.8) is 0 Å². The fourth-order valence-corrected chi connectivity index (χ4v) is 8.66. The molecule has 5 rings (SSSR count). The van der Waals surface area contributed by atoms with E-state index in [1.807, 2.05) is 0 Å².